The Labute approximate surface area is 123 Å². The Hall–Kier alpha value is -2.21. The summed E-state index contributed by atoms with van der Waals surface area (Å²) in [6.07, 6.45) is 3.99. The zero-order chi connectivity index (χ0) is 15.9. The lowest BCUT2D eigenvalue weighted by atomic mass is 9.90. The van der Waals surface area contributed by atoms with Gasteiger partial charge in [0.1, 0.15) is 0 Å². The van der Waals surface area contributed by atoms with Gasteiger partial charge in [-0.3, -0.25) is 14.9 Å². The molecule has 0 heterocycles. The van der Waals surface area contributed by atoms with Crippen LogP contribution in [0, 0.1) is 15.5 Å². The fourth-order valence-corrected chi connectivity index (χ4v) is 1.67. The SMILES string of the molecule is CC(C)(CCNC/C=C/c1ccccc1[N+](=O)[O-])C(=O)O. The molecule has 0 aliphatic rings. The monoisotopic (exact) mass is 292 g/mol. The lowest BCUT2D eigenvalue weighted by Gasteiger charge is -2.18. The highest BCUT2D eigenvalue weighted by atomic mass is 16.6. The number of benzene rings is 1. The molecule has 2 N–H and O–H groups in total. The molecule has 1 rings (SSSR count). The number of nitrogens with zero attached hydrogens (tertiary/aromatic N) is 1. The Kier molecular flexibility index (Phi) is 6.05. The average molecular weight is 292 g/mol. The maximum atomic E-state index is 10.9. The molecule has 21 heavy (non-hydrogen) atoms. The second-order valence-electron chi connectivity index (χ2n) is 5.36. The third-order valence-electron chi connectivity index (χ3n) is 3.20. The van der Waals surface area contributed by atoms with Crippen molar-refractivity contribution in [3.05, 3.63) is 46.0 Å². The summed E-state index contributed by atoms with van der Waals surface area (Å²) in [6.45, 7) is 4.46. The fraction of sp³-hybridized carbons (Fsp3) is 0.400. The molecule has 0 aromatic heterocycles. The van der Waals surface area contributed by atoms with Crippen LogP contribution in [0.3, 0.4) is 0 Å². The predicted octanol–water partition coefficient (Wildman–Crippen LogP) is 2.70. The molecule has 0 aliphatic carbocycles. The first-order valence-electron chi connectivity index (χ1n) is 6.68. The molecule has 0 saturated carbocycles. The molecule has 0 spiro atoms. The van der Waals surface area contributed by atoms with Crippen LogP contribution in [0.5, 0.6) is 0 Å². The molecule has 0 bridgehead atoms. The van der Waals surface area contributed by atoms with E-state index in [9.17, 15) is 14.9 Å². The minimum absolute atomic E-state index is 0.0701. The van der Waals surface area contributed by atoms with Crippen LogP contribution in [0.1, 0.15) is 25.8 Å². The van der Waals surface area contributed by atoms with E-state index in [4.69, 9.17) is 5.11 Å². The fourth-order valence-electron chi connectivity index (χ4n) is 1.67. The third-order valence-corrected chi connectivity index (χ3v) is 3.20. The van der Waals surface area contributed by atoms with Crippen molar-refractivity contribution in [3.8, 4) is 0 Å². The molecule has 0 unspecified atom stereocenters. The maximum absolute atomic E-state index is 10.9. The molecular weight excluding hydrogens is 272 g/mol. The number of rotatable bonds is 8. The molecule has 0 radical (unpaired) electrons. The third kappa shape index (κ3) is 5.35. The van der Waals surface area contributed by atoms with Crippen molar-refractivity contribution in [1.29, 1.82) is 0 Å². The van der Waals surface area contributed by atoms with Gasteiger partial charge in [-0.15, -0.1) is 0 Å². The molecule has 0 atom stereocenters. The number of hydrogen-bond donors (Lipinski definition) is 2. The topological polar surface area (TPSA) is 92.5 Å². The number of carbonyl (C=O) groups is 1. The van der Waals surface area contributed by atoms with Crippen molar-refractivity contribution in [2.24, 2.45) is 5.41 Å². The highest BCUT2D eigenvalue weighted by Crippen LogP contribution is 2.20. The van der Waals surface area contributed by atoms with Crippen molar-refractivity contribution < 1.29 is 14.8 Å². The van der Waals surface area contributed by atoms with Gasteiger partial charge in [-0.25, -0.2) is 0 Å². The second-order valence-corrected chi connectivity index (χ2v) is 5.36. The summed E-state index contributed by atoms with van der Waals surface area (Å²) in [5.74, 6) is -0.820. The van der Waals surface area contributed by atoms with Gasteiger partial charge in [0.05, 0.1) is 15.9 Å². The quantitative estimate of drug-likeness (QED) is 0.436. The predicted molar refractivity (Wildman–Crippen MR) is 81.0 cm³/mol. The summed E-state index contributed by atoms with van der Waals surface area (Å²) in [4.78, 5) is 21.3. The number of para-hydroxylation sites is 1. The molecular formula is C15H20N2O4. The van der Waals surface area contributed by atoms with Gasteiger partial charge in [-0.2, -0.15) is 0 Å². The number of carboxylic acids is 1. The average Bonchev–Trinajstić information content (AvgIpc) is 2.42. The zero-order valence-corrected chi connectivity index (χ0v) is 12.2. The maximum Gasteiger partial charge on any atom is 0.309 e. The van der Waals surface area contributed by atoms with Gasteiger partial charge in [0.25, 0.3) is 5.69 Å². The number of aliphatic carboxylic acids is 1. The summed E-state index contributed by atoms with van der Waals surface area (Å²) >= 11 is 0. The summed E-state index contributed by atoms with van der Waals surface area (Å²) in [5, 5.41) is 22.9. The standard InChI is InChI=1S/C15H20N2O4/c1-15(2,14(18)19)9-11-16-10-5-7-12-6-3-4-8-13(12)17(20)21/h3-8,16H,9-11H2,1-2H3,(H,18,19)/b7-5+. The van der Waals surface area contributed by atoms with Crippen molar-refractivity contribution in [1.82, 2.24) is 5.32 Å². The van der Waals surface area contributed by atoms with Gasteiger partial charge in [0.15, 0.2) is 0 Å². The van der Waals surface area contributed by atoms with E-state index in [-0.39, 0.29) is 5.69 Å². The number of nitro benzene ring substituents is 1. The van der Waals surface area contributed by atoms with Gasteiger partial charge in [0.2, 0.25) is 0 Å². The first-order chi connectivity index (χ1) is 9.84. The van der Waals surface area contributed by atoms with Crippen LogP contribution in [0.2, 0.25) is 0 Å². The molecule has 0 fully saturated rings. The van der Waals surface area contributed by atoms with E-state index < -0.39 is 16.3 Å². The zero-order valence-electron chi connectivity index (χ0n) is 12.2. The normalized spacial score (nSPS) is 11.7. The van der Waals surface area contributed by atoms with Crippen LogP contribution in [-0.2, 0) is 4.79 Å². The van der Waals surface area contributed by atoms with Crippen LogP contribution < -0.4 is 5.32 Å². The second kappa shape index (κ2) is 7.54. The van der Waals surface area contributed by atoms with E-state index in [1.165, 1.54) is 6.07 Å². The number of carboxylic acid groups (broad SMARTS) is 1. The molecule has 1 aromatic carbocycles. The van der Waals surface area contributed by atoms with Gasteiger partial charge in [0, 0.05) is 12.6 Å². The van der Waals surface area contributed by atoms with Crippen molar-refractivity contribution in [2.45, 2.75) is 20.3 Å². The number of nitrogens with one attached hydrogen (secondary N) is 1. The van der Waals surface area contributed by atoms with E-state index >= 15 is 0 Å². The summed E-state index contributed by atoms with van der Waals surface area (Å²) in [5.41, 5.74) is -0.134. The van der Waals surface area contributed by atoms with Gasteiger partial charge < -0.3 is 10.4 Å². The van der Waals surface area contributed by atoms with E-state index in [1.807, 2.05) is 0 Å². The van der Waals surface area contributed by atoms with Crippen LogP contribution in [-0.4, -0.2) is 29.1 Å². The highest BCUT2D eigenvalue weighted by molar-refractivity contribution is 5.73. The Morgan fingerprint density at radius 1 is 1.43 bits per heavy atom. The molecule has 0 saturated heterocycles. The van der Waals surface area contributed by atoms with E-state index in [1.54, 1.807) is 44.2 Å². The lowest BCUT2D eigenvalue weighted by Crippen LogP contribution is -2.29. The van der Waals surface area contributed by atoms with Crippen LogP contribution in [0.15, 0.2) is 30.3 Å². The first-order valence-corrected chi connectivity index (χ1v) is 6.68. The molecule has 0 aliphatic heterocycles. The largest absolute Gasteiger partial charge is 0.481 e. The van der Waals surface area contributed by atoms with Gasteiger partial charge >= 0.3 is 5.97 Å². The van der Waals surface area contributed by atoms with E-state index in [0.29, 0.717) is 25.1 Å². The van der Waals surface area contributed by atoms with Crippen LogP contribution >= 0.6 is 0 Å². The Morgan fingerprint density at radius 2 is 2.10 bits per heavy atom. The highest BCUT2D eigenvalue weighted by Gasteiger charge is 2.25. The van der Waals surface area contributed by atoms with E-state index in [0.717, 1.165) is 0 Å². The van der Waals surface area contributed by atoms with Crippen molar-refractivity contribution >= 4 is 17.7 Å². The molecule has 1 aromatic rings. The molecule has 0 amide bonds. The molecule has 6 nitrogen and oxygen atoms in total. The van der Waals surface area contributed by atoms with Gasteiger partial charge in [-0.1, -0.05) is 24.3 Å². The van der Waals surface area contributed by atoms with Crippen LogP contribution in [0.4, 0.5) is 5.69 Å². The van der Waals surface area contributed by atoms with Crippen molar-refractivity contribution in [2.75, 3.05) is 13.1 Å². The molecule has 114 valence electrons. The van der Waals surface area contributed by atoms with Gasteiger partial charge in [-0.05, 0) is 32.9 Å². The first kappa shape index (κ1) is 16.8. The molecule has 6 heteroatoms. The van der Waals surface area contributed by atoms with Crippen LogP contribution in [0.25, 0.3) is 6.08 Å². The van der Waals surface area contributed by atoms with E-state index in [2.05, 4.69) is 5.32 Å². The minimum atomic E-state index is -0.820. The minimum Gasteiger partial charge on any atom is -0.481 e. The summed E-state index contributed by atoms with van der Waals surface area (Å²) in [7, 11) is 0. The summed E-state index contributed by atoms with van der Waals surface area (Å²) in [6, 6.07) is 6.52. The Balaban J connectivity index is 2.43. The van der Waals surface area contributed by atoms with Crippen molar-refractivity contribution in [3.63, 3.8) is 0 Å². The smallest absolute Gasteiger partial charge is 0.309 e. The summed E-state index contributed by atoms with van der Waals surface area (Å²) < 4.78 is 0. The Bertz CT molecular complexity index is 538. The Morgan fingerprint density at radius 3 is 2.71 bits per heavy atom. The number of hydrogen-bond acceptors (Lipinski definition) is 4. The number of nitro groups is 1. The lowest BCUT2D eigenvalue weighted by molar-refractivity contribution is -0.385.